The van der Waals surface area contributed by atoms with Crippen LogP contribution in [0.25, 0.3) is 23.2 Å². The number of methoxy groups -OCH3 is 1. The third kappa shape index (κ3) is 5.70. The molecule has 0 unspecified atom stereocenters. The van der Waals surface area contributed by atoms with E-state index in [9.17, 15) is 0 Å². The number of benzene rings is 1. The lowest BCUT2D eigenvalue weighted by Crippen LogP contribution is -2.39. The Hall–Kier alpha value is -3.27. The number of hydrogen-bond acceptors (Lipinski definition) is 9. The van der Waals surface area contributed by atoms with Crippen LogP contribution >= 0.6 is 0 Å². The van der Waals surface area contributed by atoms with Gasteiger partial charge < -0.3 is 23.8 Å². The second-order valence-corrected chi connectivity index (χ2v) is 8.41. The summed E-state index contributed by atoms with van der Waals surface area (Å²) in [7, 11) is 1.68. The first-order valence-corrected chi connectivity index (χ1v) is 12.1. The molecule has 35 heavy (non-hydrogen) atoms. The monoisotopic (exact) mass is 477 g/mol. The van der Waals surface area contributed by atoms with E-state index in [-0.39, 0.29) is 0 Å². The summed E-state index contributed by atoms with van der Waals surface area (Å²) in [6, 6.07) is 10.3. The standard InChI is InChI=1S/C26H31N5O4/c1-32-22-5-3-2-4-20(22)6-7-21-8-9-27-24-23(21)25(31-13-17-34-18-14-31)29-26(28-24)35-19-12-30-10-15-33-16-11-30/h2-9H,10-19H2,1H3/b7-6+. The van der Waals surface area contributed by atoms with Crippen molar-refractivity contribution in [1.29, 1.82) is 0 Å². The van der Waals surface area contributed by atoms with Crippen LogP contribution in [0.15, 0.2) is 36.5 Å². The van der Waals surface area contributed by atoms with Crippen molar-refractivity contribution in [3.63, 3.8) is 0 Å². The molecule has 0 atom stereocenters. The first-order valence-electron chi connectivity index (χ1n) is 12.1. The number of morpholine rings is 2. The van der Waals surface area contributed by atoms with Gasteiger partial charge in [0.05, 0.1) is 38.9 Å². The Balaban J connectivity index is 1.46. The van der Waals surface area contributed by atoms with Crippen molar-refractivity contribution in [3.8, 4) is 11.8 Å². The average Bonchev–Trinajstić information content (AvgIpc) is 2.92. The maximum absolute atomic E-state index is 6.01. The molecular formula is C26H31N5O4. The zero-order chi connectivity index (χ0) is 23.9. The van der Waals surface area contributed by atoms with E-state index in [1.165, 1.54) is 0 Å². The number of fused-ring (bicyclic) bond motifs is 1. The molecule has 9 heteroatoms. The molecule has 2 aromatic heterocycles. The fourth-order valence-electron chi connectivity index (χ4n) is 4.32. The van der Waals surface area contributed by atoms with Crippen LogP contribution in [0.5, 0.6) is 11.8 Å². The van der Waals surface area contributed by atoms with Crippen LogP contribution in [0.1, 0.15) is 11.1 Å². The van der Waals surface area contributed by atoms with Gasteiger partial charge in [-0.25, -0.2) is 4.98 Å². The molecule has 9 nitrogen and oxygen atoms in total. The summed E-state index contributed by atoms with van der Waals surface area (Å²) in [5.41, 5.74) is 2.60. The van der Waals surface area contributed by atoms with Crippen molar-refractivity contribution in [3.05, 3.63) is 47.7 Å². The quantitative estimate of drug-likeness (QED) is 0.486. The topological polar surface area (TPSA) is 82.1 Å². The molecule has 2 aliphatic rings. The molecule has 2 fully saturated rings. The maximum Gasteiger partial charge on any atom is 0.320 e. The Morgan fingerprint density at radius 3 is 2.46 bits per heavy atom. The van der Waals surface area contributed by atoms with E-state index < -0.39 is 0 Å². The largest absolute Gasteiger partial charge is 0.496 e. The van der Waals surface area contributed by atoms with Gasteiger partial charge >= 0.3 is 6.01 Å². The fourth-order valence-corrected chi connectivity index (χ4v) is 4.32. The van der Waals surface area contributed by atoms with E-state index in [4.69, 9.17) is 23.9 Å². The highest BCUT2D eigenvalue weighted by Crippen LogP contribution is 2.30. The molecule has 4 heterocycles. The number of aromatic nitrogens is 3. The second-order valence-electron chi connectivity index (χ2n) is 8.41. The Morgan fingerprint density at radius 2 is 1.66 bits per heavy atom. The summed E-state index contributed by atoms with van der Waals surface area (Å²) in [5, 5.41) is 0.904. The van der Waals surface area contributed by atoms with Crippen LogP contribution < -0.4 is 14.4 Å². The van der Waals surface area contributed by atoms with Crippen molar-refractivity contribution in [2.75, 3.05) is 77.8 Å². The van der Waals surface area contributed by atoms with Gasteiger partial charge in [0.1, 0.15) is 18.2 Å². The van der Waals surface area contributed by atoms with Crippen LogP contribution in [0.2, 0.25) is 0 Å². The Morgan fingerprint density at radius 1 is 0.914 bits per heavy atom. The second kappa shape index (κ2) is 11.4. The summed E-state index contributed by atoms with van der Waals surface area (Å²) in [5.74, 6) is 1.65. The average molecular weight is 478 g/mol. The lowest BCUT2D eigenvalue weighted by Gasteiger charge is -2.29. The Labute approximate surface area is 205 Å². The minimum absolute atomic E-state index is 0.352. The molecule has 0 spiro atoms. The lowest BCUT2D eigenvalue weighted by molar-refractivity contribution is 0.0317. The Kier molecular flexibility index (Phi) is 7.67. The van der Waals surface area contributed by atoms with E-state index >= 15 is 0 Å². The highest BCUT2D eigenvalue weighted by molar-refractivity contribution is 5.96. The Bertz CT molecular complexity index is 1160. The zero-order valence-corrected chi connectivity index (χ0v) is 20.1. The number of ether oxygens (including phenoxy) is 4. The van der Waals surface area contributed by atoms with Gasteiger partial charge in [-0.3, -0.25) is 4.90 Å². The van der Waals surface area contributed by atoms with Gasteiger partial charge in [0.15, 0.2) is 5.65 Å². The first kappa shape index (κ1) is 23.5. The third-order valence-electron chi connectivity index (χ3n) is 6.22. The predicted molar refractivity (Wildman–Crippen MR) is 135 cm³/mol. The van der Waals surface area contributed by atoms with Gasteiger partial charge in [0.25, 0.3) is 0 Å². The van der Waals surface area contributed by atoms with Gasteiger partial charge in [0, 0.05) is 44.5 Å². The number of nitrogens with zero attached hydrogens (tertiary/aromatic N) is 5. The van der Waals surface area contributed by atoms with Crippen LogP contribution in [-0.4, -0.2) is 92.7 Å². The predicted octanol–water partition coefficient (Wildman–Crippen LogP) is 2.75. The molecule has 0 bridgehead atoms. The summed E-state index contributed by atoms with van der Waals surface area (Å²) in [6.45, 7) is 7.53. The number of rotatable bonds is 8. The van der Waals surface area contributed by atoms with Gasteiger partial charge in [-0.1, -0.05) is 30.4 Å². The van der Waals surface area contributed by atoms with E-state index in [1.54, 1.807) is 13.3 Å². The smallest absolute Gasteiger partial charge is 0.320 e. The molecule has 0 amide bonds. The zero-order valence-electron chi connectivity index (χ0n) is 20.1. The van der Waals surface area contributed by atoms with Gasteiger partial charge in [0.2, 0.25) is 0 Å². The van der Waals surface area contributed by atoms with Crippen molar-refractivity contribution in [2.24, 2.45) is 0 Å². The molecule has 0 N–H and O–H groups in total. The molecular weight excluding hydrogens is 446 g/mol. The molecule has 0 saturated carbocycles. The van der Waals surface area contributed by atoms with E-state index in [2.05, 4.69) is 25.8 Å². The van der Waals surface area contributed by atoms with Crippen LogP contribution in [0.3, 0.4) is 0 Å². The minimum Gasteiger partial charge on any atom is -0.496 e. The highest BCUT2D eigenvalue weighted by atomic mass is 16.5. The first-order chi connectivity index (χ1) is 17.3. The number of hydrogen-bond donors (Lipinski definition) is 0. The van der Waals surface area contributed by atoms with Crippen molar-refractivity contribution in [1.82, 2.24) is 19.9 Å². The minimum atomic E-state index is 0.352. The van der Waals surface area contributed by atoms with Gasteiger partial charge in [-0.2, -0.15) is 9.97 Å². The molecule has 0 aliphatic carbocycles. The summed E-state index contributed by atoms with van der Waals surface area (Å²) < 4.78 is 22.5. The summed E-state index contributed by atoms with van der Waals surface area (Å²) >= 11 is 0. The SMILES string of the molecule is COc1ccccc1/C=C/c1ccnc2nc(OCCN3CCOCC3)nc(N3CCOCC3)c12. The lowest BCUT2D eigenvalue weighted by atomic mass is 10.1. The van der Waals surface area contributed by atoms with Crippen LogP contribution in [0.4, 0.5) is 5.82 Å². The molecule has 3 aromatic rings. The van der Waals surface area contributed by atoms with E-state index in [0.717, 1.165) is 74.0 Å². The molecule has 184 valence electrons. The van der Waals surface area contributed by atoms with Crippen molar-refractivity contribution in [2.45, 2.75) is 0 Å². The normalized spacial score (nSPS) is 17.2. The fraction of sp³-hybridized carbons (Fsp3) is 0.423. The molecule has 2 saturated heterocycles. The summed E-state index contributed by atoms with van der Waals surface area (Å²) in [6.07, 6.45) is 5.88. The van der Waals surface area contributed by atoms with Crippen LogP contribution in [-0.2, 0) is 9.47 Å². The molecule has 1 aromatic carbocycles. The van der Waals surface area contributed by atoms with Crippen molar-refractivity contribution < 1.29 is 18.9 Å². The highest BCUT2D eigenvalue weighted by Gasteiger charge is 2.20. The van der Waals surface area contributed by atoms with Gasteiger partial charge in [-0.05, 0) is 17.7 Å². The molecule has 0 radical (unpaired) electrons. The van der Waals surface area contributed by atoms with Crippen LogP contribution in [0, 0.1) is 0 Å². The molecule has 5 rings (SSSR count). The number of para-hydroxylation sites is 1. The van der Waals surface area contributed by atoms with Crippen molar-refractivity contribution >= 4 is 29.0 Å². The van der Waals surface area contributed by atoms with Gasteiger partial charge in [-0.15, -0.1) is 0 Å². The number of pyridine rings is 1. The summed E-state index contributed by atoms with van der Waals surface area (Å²) in [4.78, 5) is 18.6. The number of anilines is 1. The molecule has 2 aliphatic heterocycles. The van der Waals surface area contributed by atoms with E-state index in [1.807, 2.05) is 36.4 Å². The maximum atomic E-state index is 6.01. The van der Waals surface area contributed by atoms with E-state index in [0.29, 0.717) is 31.5 Å². The third-order valence-corrected chi connectivity index (χ3v) is 6.22.